The van der Waals surface area contributed by atoms with Gasteiger partial charge in [-0.3, -0.25) is 4.79 Å². The second kappa shape index (κ2) is 7.63. The molecule has 1 aliphatic rings. The molecule has 1 saturated carbocycles. The predicted octanol–water partition coefficient (Wildman–Crippen LogP) is 0.892. The Hall–Kier alpha value is -0.610. The minimum absolute atomic E-state index is 0.205. The molecule has 1 aliphatic carbocycles. The first-order chi connectivity index (χ1) is 7.72. The van der Waals surface area contributed by atoms with E-state index in [2.05, 4.69) is 5.32 Å². The quantitative estimate of drug-likeness (QED) is 0.539. The Labute approximate surface area is 98.1 Å². The Morgan fingerprint density at radius 3 is 2.56 bits per heavy atom. The monoisotopic (exact) mass is 227 g/mol. The van der Waals surface area contributed by atoms with Crippen LogP contribution >= 0.6 is 0 Å². The summed E-state index contributed by atoms with van der Waals surface area (Å²) in [5, 5.41) is 3.56. The molecule has 94 valence electrons. The smallest absolute Gasteiger partial charge is 0.218 e. The summed E-state index contributed by atoms with van der Waals surface area (Å²) in [5.41, 5.74) is 10.7. The van der Waals surface area contributed by atoms with Crippen LogP contribution in [0.2, 0.25) is 0 Å². The van der Waals surface area contributed by atoms with Crippen molar-refractivity contribution in [3.05, 3.63) is 0 Å². The highest BCUT2D eigenvalue weighted by Gasteiger charge is 2.19. The zero-order valence-corrected chi connectivity index (χ0v) is 10.1. The highest BCUT2D eigenvalue weighted by atomic mass is 16.1. The first-order valence-corrected chi connectivity index (χ1v) is 6.46. The number of hydrogen-bond donors (Lipinski definition) is 3. The molecule has 0 aromatic carbocycles. The van der Waals surface area contributed by atoms with Crippen LogP contribution in [0.5, 0.6) is 0 Å². The summed E-state index contributed by atoms with van der Waals surface area (Å²) in [5.74, 6) is -0.205. The van der Waals surface area contributed by atoms with Crippen LogP contribution in [0.1, 0.15) is 51.4 Å². The lowest BCUT2D eigenvalue weighted by Gasteiger charge is -2.21. The molecule has 0 aromatic heterocycles. The first-order valence-electron chi connectivity index (χ1n) is 6.46. The molecular weight excluding hydrogens is 202 g/mol. The Morgan fingerprint density at radius 2 is 2.00 bits per heavy atom. The summed E-state index contributed by atoms with van der Waals surface area (Å²) in [4.78, 5) is 11.0. The zero-order valence-electron chi connectivity index (χ0n) is 10.1. The van der Waals surface area contributed by atoms with Gasteiger partial charge in [0.25, 0.3) is 0 Å². The van der Waals surface area contributed by atoms with E-state index < -0.39 is 0 Å². The molecule has 1 fully saturated rings. The molecule has 0 radical (unpaired) electrons. The van der Waals surface area contributed by atoms with Crippen LogP contribution in [0.15, 0.2) is 0 Å². The van der Waals surface area contributed by atoms with Gasteiger partial charge in [-0.25, -0.2) is 0 Å². The Balaban J connectivity index is 2.27. The molecule has 1 amide bonds. The van der Waals surface area contributed by atoms with Gasteiger partial charge in [0.1, 0.15) is 0 Å². The third-order valence-corrected chi connectivity index (χ3v) is 3.28. The van der Waals surface area contributed by atoms with E-state index in [1.807, 2.05) is 0 Å². The van der Waals surface area contributed by atoms with Crippen molar-refractivity contribution >= 4 is 5.91 Å². The van der Waals surface area contributed by atoms with Crippen LogP contribution in [0.3, 0.4) is 0 Å². The molecule has 1 rings (SSSR count). The van der Waals surface area contributed by atoms with Crippen LogP contribution in [0, 0.1) is 0 Å². The van der Waals surface area contributed by atoms with Gasteiger partial charge in [0.05, 0.1) is 0 Å². The topological polar surface area (TPSA) is 81.1 Å². The fraction of sp³-hybridized carbons (Fsp3) is 0.917. The third kappa shape index (κ3) is 5.47. The van der Waals surface area contributed by atoms with E-state index in [0.29, 0.717) is 12.5 Å². The zero-order chi connectivity index (χ0) is 11.8. The third-order valence-electron chi connectivity index (χ3n) is 3.28. The predicted molar refractivity (Wildman–Crippen MR) is 65.9 cm³/mol. The Morgan fingerprint density at radius 1 is 1.31 bits per heavy atom. The number of rotatable bonds is 8. The van der Waals surface area contributed by atoms with Gasteiger partial charge in [-0.05, 0) is 32.2 Å². The summed E-state index contributed by atoms with van der Waals surface area (Å²) in [6.07, 6.45) is 8.68. The van der Waals surface area contributed by atoms with Crippen molar-refractivity contribution in [3.63, 3.8) is 0 Å². The van der Waals surface area contributed by atoms with Crippen molar-refractivity contribution in [1.82, 2.24) is 5.32 Å². The number of hydrogen-bond acceptors (Lipinski definition) is 3. The van der Waals surface area contributed by atoms with Crippen LogP contribution in [-0.4, -0.2) is 24.5 Å². The van der Waals surface area contributed by atoms with Crippen molar-refractivity contribution in [2.45, 2.75) is 63.5 Å². The number of unbranched alkanes of at least 4 members (excludes halogenated alkanes) is 1. The molecule has 0 heterocycles. The highest BCUT2D eigenvalue weighted by molar-refractivity contribution is 5.74. The van der Waals surface area contributed by atoms with Gasteiger partial charge in [0, 0.05) is 18.5 Å². The molecule has 0 bridgehead atoms. The molecule has 5 N–H and O–H groups in total. The van der Waals surface area contributed by atoms with E-state index in [9.17, 15) is 4.79 Å². The molecule has 0 unspecified atom stereocenters. The molecule has 16 heavy (non-hydrogen) atoms. The summed E-state index contributed by atoms with van der Waals surface area (Å²) in [6.45, 7) is 0.729. The van der Waals surface area contributed by atoms with Gasteiger partial charge >= 0.3 is 0 Å². The fourth-order valence-electron chi connectivity index (χ4n) is 2.45. The number of carbonyl (C=O) groups is 1. The van der Waals surface area contributed by atoms with E-state index in [1.54, 1.807) is 0 Å². The number of amides is 1. The Kier molecular flexibility index (Phi) is 6.42. The minimum Gasteiger partial charge on any atom is -0.370 e. The van der Waals surface area contributed by atoms with E-state index >= 15 is 0 Å². The molecule has 1 atom stereocenters. The molecule has 4 heteroatoms. The van der Waals surface area contributed by atoms with Crippen LogP contribution in [0.4, 0.5) is 0 Å². The fourth-order valence-corrected chi connectivity index (χ4v) is 2.45. The summed E-state index contributed by atoms with van der Waals surface area (Å²) in [6, 6.07) is 0.856. The van der Waals surface area contributed by atoms with Crippen LogP contribution in [-0.2, 0) is 4.79 Å². The molecule has 0 aliphatic heterocycles. The van der Waals surface area contributed by atoms with Gasteiger partial charge in [-0.15, -0.1) is 0 Å². The van der Waals surface area contributed by atoms with Gasteiger partial charge in [0.15, 0.2) is 0 Å². The second-order valence-corrected chi connectivity index (χ2v) is 4.80. The molecule has 0 aromatic rings. The average molecular weight is 227 g/mol. The van der Waals surface area contributed by atoms with Crippen molar-refractivity contribution < 1.29 is 4.79 Å². The van der Waals surface area contributed by atoms with Gasteiger partial charge in [-0.1, -0.05) is 19.3 Å². The van der Waals surface area contributed by atoms with E-state index in [-0.39, 0.29) is 11.9 Å². The van der Waals surface area contributed by atoms with Gasteiger partial charge in [-0.2, -0.15) is 0 Å². The number of carbonyl (C=O) groups excluding carboxylic acids is 1. The Bertz CT molecular complexity index is 202. The SMILES string of the molecule is NCCCC[C@@H](CC(N)=O)NC1CCCC1. The molecule has 0 spiro atoms. The molecular formula is C12H25N3O. The van der Waals surface area contributed by atoms with Crippen molar-refractivity contribution in [2.75, 3.05) is 6.54 Å². The summed E-state index contributed by atoms with van der Waals surface area (Å²) < 4.78 is 0. The van der Waals surface area contributed by atoms with Gasteiger partial charge < -0.3 is 16.8 Å². The van der Waals surface area contributed by atoms with Gasteiger partial charge in [0.2, 0.25) is 5.91 Å². The number of nitrogens with two attached hydrogens (primary N) is 2. The normalized spacial score (nSPS) is 18.8. The largest absolute Gasteiger partial charge is 0.370 e. The minimum atomic E-state index is -0.205. The standard InChI is InChI=1S/C12H25N3O/c13-8-4-3-7-11(9-12(14)16)15-10-5-1-2-6-10/h10-11,15H,1-9,13H2,(H2,14,16)/t11-/m0/s1. The van der Waals surface area contributed by atoms with E-state index in [0.717, 1.165) is 25.8 Å². The summed E-state index contributed by atoms with van der Waals surface area (Å²) >= 11 is 0. The van der Waals surface area contributed by atoms with Crippen molar-refractivity contribution in [1.29, 1.82) is 0 Å². The van der Waals surface area contributed by atoms with Crippen LogP contribution < -0.4 is 16.8 Å². The maximum Gasteiger partial charge on any atom is 0.218 e. The first kappa shape index (κ1) is 13.5. The number of primary amides is 1. The lowest BCUT2D eigenvalue weighted by atomic mass is 10.0. The maximum absolute atomic E-state index is 11.0. The lowest BCUT2D eigenvalue weighted by Crippen LogP contribution is -2.39. The number of nitrogens with one attached hydrogen (secondary N) is 1. The van der Waals surface area contributed by atoms with E-state index in [4.69, 9.17) is 11.5 Å². The highest BCUT2D eigenvalue weighted by Crippen LogP contribution is 2.19. The van der Waals surface area contributed by atoms with E-state index in [1.165, 1.54) is 25.7 Å². The molecule has 0 saturated heterocycles. The summed E-state index contributed by atoms with van der Waals surface area (Å²) in [7, 11) is 0. The van der Waals surface area contributed by atoms with Crippen molar-refractivity contribution in [3.8, 4) is 0 Å². The lowest BCUT2D eigenvalue weighted by molar-refractivity contribution is -0.118. The maximum atomic E-state index is 11.0. The van der Waals surface area contributed by atoms with Crippen LogP contribution in [0.25, 0.3) is 0 Å². The average Bonchev–Trinajstić information content (AvgIpc) is 2.69. The molecule has 4 nitrogen and oxygen atoms in total. The second-order valence-electron chi connectivity index (χ2n) is 4.80. The van der Waals surface area contributed by atoms with Crippen molar-refractivity contribution in [2.24, 2.45) is 11.5 Å².